The van der Waals surface area contributed by atoms with E-state index in [9.17, 15) is 0 Å². The van der Waals surface area contributed by atoms with Crippen molar-refractivity contribution in [2.75, 3.05) is 0 Å². The Balaban J connectivity index is 1.73. The molecule has 0 saturated carbocycles. The number of thiophene rings is 1. The van der Waals surface area contributed by atoms with Crippen LogP contribution in [0, 0.1) is 11.3 Å². The Kier molecular flexibility index (Phi) is 3.46. The molecule has 1 unspecified atom stereocenters. The molecule has 0 aliphatic heterocycles. The zero-order chi connectivity index (χ0) is 13.9. The second kappa shape index (κ2) is 5.41. The lowest BCUT2D eigenvalue weighted by atomic mass is 10.3. The van der Waals surface area contributed by atoms with Crippen molar-refractivity contribution >= 4 is 17.0 Å². The molecular weight excluding hydrogens is 270 g/mol. The van der Waals surface area contributed by atoms with E-state index in [2.05, 4.69) is 28.5 Å². The van der Waals surface area contributed by atoms with Crippen molar-refractivity contribution in [3.8, 4) is 6.07 Å². The lowest BCUT2D eigenvalue weighted by molar-refractivity contribution is 0.545. The van der Waals surface area contributed by atoms with Crippen LogP contribution < -0.4 is 5.32 Å². The highest BCUT2D eigenvalue weighted by Gasteiger charge is 2.12. The molecule has 3 aromatic heterocycles. The van der Waals surface area contributed by atoms with Crippen molar-refractivity contribution in [1.29, 1.82) is 5.26 Å². The zero-order valence-electron chi connectivity index (χ0n) is 10.9. The molecule has 0 aliphatic carbocycles. The van der Waals surface area contributed by atoms with Gasteiger partial charge in [-0.05, 0) is 31.2 Å². The lowest BCUT2D eigenvalue weighted by Gasteiger charge is -2.11. The normalized spacial score (nSPS) is 12.4. The van der Waals surface area contributed by atoms with E-state index in [1.54, 1.807) is 0 Å². The first-order valence-corrected chi connectivity index (χ1v) is 7.11. The van der Waals surface area contributed by atoms with Gasteiger partial charge in [0.25, 0.3) is 0 Å². The molecule has 0 amide bonds. The average molecular weight is 283 g/mol. The van der Waals surface area contributed by atoms with Gasteiger partial charge in [0.05, 0.1) is 6.04 Å². The Hall–Kier alpha value is -2.23. The number of fused-ring (bicyclic) bond motifs is 1. The Labute approximate surface area is 120 Å². The third-order valence-corrected chi connectivity index (χ3v) is 4.07. The van der Waals surface area contributed by atoms with E-state index in [-0.39, 0.29) is 6.04 Å². The molecule has 0 bridgehead atoms. The minimum absolute atomic E-state index is 0.0834. The molecule has 0 aliphatic rings. The van der Waals surface area contributed by atoms with Crippen molar-refractivity contribution in [1.82, 2.24) is 19.9 Å². The van der Waals surface area contributed by atoms with Crippen molar-refractivity contribution in [2.24, 2.45) is 0 Å². The first-order chi connectivity index (χ1) is 9.78. The summed E-state index contributed by atoms with van der Waals surface area (Å²) in [7, 11) is 0. The van der Waals surface area contributed by atoms with Crippen LogP contribution in [0.4, 0.5) is 0 Å². The van der Waals surface area contributed by atoms with Gasteiger partial charge in [0.2, 0.25) is 0 Å². The monoisotopic (exact) mass is 283 g/mol. The third kappa shape index (κ3) is 2.41. The molecule has 3 aromatic rings. The van der Waals surface area contributed by atoms with E-state index in [1.165, 1.54) is 11.3 Å². The Bertz CT molecular complexity index is 767. The number of rotatable bonds is 4. The number of nitrogens with zero attached hydrogens (tertiary/aromatic N) is 4. The fourth-order valence-corrected chi connectivity index (χ4v) is 2.79. The molecule has 0 saturated heterocycles. The quantitative estimate of drug-likeness (QED) is 0.799. The molecule has 0 fully saturated rings. The summed E-state index contributed by atoms with van der Waals surface area (Å²) in [6, 6.07) is 11.9. The highest BCUT2D eigenvalue weighted by molar-refractivity contribution is 7.12. The summed E-state index contributed by atoms with van der Waals surface area (Å²) in [5.41, 5.74) is 0.846. The molecule has 0 radical (unpaired) electrons. The Morgan fingerprint density at radius 2 is 2.25 bits per heavy atom. The highest BCUT2D eigenvalue weighted by atomic mass is 32.1. The number of nitrogens with one attached hydrogen (secondary N) is 1. The second-order valence-electron chi connectivity index (χ2n) is 4.47. The fraction of sp³-hybridized carbons (Fsp3) is 0.214. The van der Waals surface area contributed by atoms with Gasteiger partial charge in [-0.2, -0.15) is 5.26 Å². The fourth-order valence-electron chi connectivity index (χ4n) is 2.03. The maximum absolute atomic E-state index is 8.82. The third-order valence-electron chi connectivity index (χ3n) is 3.08. The summed E-state index contributed by atoms with van der Waals surface area (Å²) < 4.78 is 1.98. The summed E-state index contributed by atoms with van der Waals surface area (Å²) >= 11 is 1.51. The number of pyridine rings is 1. The standard InChI is InChI=1S/C14H13N5S/c1-10(16-9-12-6-5-11(8-15)20-12)14-18-17-13-4-2-3-7-19(13)14/h2-7,10,16H,9H2,1H3. The van der Waals surface area contributed by atoms with Gasteiger partial charge in [-0.15, -0.1) is 21.5 Å². The molecule has 3 heterocycles. The van der Waals surface area contributed by atoms with Crippen LogP contribution in [0.15, 0.2) is 36.5 Å². The maximum Gasteiger partial charge on any atom is 0.160 e. The van der Waals surface area contributed by atoms with Crippen molar-refractivity contribution in [2.45, 2.75) is 19.5 Å². The van der Waals surface area contributed by atoms with Crippen LogP contribution in [0.1, 0.15) is 28.5 Å². The van der Waals surface area contributed by atoms with E-state index in [0.717, 1.165) is 27.8 Å². The van der Waals surface area contributed by atoms with Gasteiger partial charge in [0.1, 0.15) is 10.9 Å². The first-order valence-electron chi connectivity index (χ1n) is 6.30. The van der Waals surface area contributed by atoms with Crippen LogP contribution in [0.3, 0.4) is 0 Å². The van der Waals surface area contributed by atoms with Gasteiger partial charge >= 0.3 is 0 Å². The van der Waals surface area contributed by atoms with E-state index >= 15 is 0 Å². The minimum Gasteiger partial charge on any atom is -0.303 e. The molecule has 3 rings (SSSR count). The summed E-state index contributed by atoms with van der Waals surface area (Å²) in [5.74, 6) is 0.887. The summed E-state index contributed by atoms with van der Waals surface area (Å²) in [6.07, 6.45) is 1.96. The van der Waals surface area contributed by atoms with Crippen molar-refractivity contribution in [3.05, 3.63) is 52.1 Å². The van der Waals surface area contributed by atoms with Crippen molar-refractivity contribution < 1.29 is 0 Å². The van der Waals surface area contributed by atoms with Crippen LogP contribution in [0.2, 0.25) is 0 Å². The van der Waals surface area contributed by atoms with E-state index in [0.29, 0.717) is 0 Å². The smallest absolute Gasteiger partial charge is 0.160 e. The zero-order valence-corrected chi connectivity index (χ0v) is 11.8. The number of hydrogen-bond acceptors (Lipinski definition) is 5. The molecule has 1 N–H and O–H groups in total. The summed E-state index contributed by atoms with van der Waals surface area (Å²) in [6.45, 7) is 2.78. The molecule has 6 heteroatoms. The van der Waals surface area contributed by atoms with Gasteiger partial charge in [-0.1, -0.05) is 6.07 Å². The van der Waals surface area contributed by atoms with Crippen LogP contribution in [0.25, 0.3) is 5.65 Å². The van der Waals surface area contributed by atoms with Crippen LogP contribution in [-0.4, -0.2) is 14.6 Å². The van der Waals surface area contributed by atoms with Crippen LogP contribution in [0.5, 0.6) is 0 Å². The van der Waals surface area contributed by atoms with Gasteiger partial charge in [-0.25, -0.2) is 0 Å². The highest BCUT2D eigenvalue weighted by Crippen LogP contribution is 2.17. The largest absolute Gasteiger partial charge is 0.303 e. The first kappa shape index (κ1) is 12.8. The van der Waals surface area contributed by atoms with Crippen LogP contribution in [-0.2, 0) is 6.54 Å². The molecule has 0 aromatic carbocycles. The summed E-state index contributed by atoms with van der Waals surface area (Å²) in [5, 5.41) is 20.6. The second-order valence-corrected chi connectivity index (χ2v) is 5.64. The Morgan fingerprint density at radius 1 is 1.35 bits per heavy atom. The minimum atomic E-state index is 0.0834. The topological polar surface area (TPSA) is 66.0 Å². The molecular formula is C14H13N5S. The van der Waals surface area contributed by atoms with Gasteiger partial charge < -0.3 is 5.32 Å². The molecule has 20 heavy (non-hydrogen) atoms. The predicted molar refractivity (Wildman–Crippen MR) is 77.3 cm³/mol. The predicted octanol–water partition coefficient (Wildman–Crippen LogP) is 2.51. The van der Waals surface area contributed by atoms with E-state index in [1.807, 2.05) is 40.9 Å². The molecule has 5 nitrogen and oxygen atoms in total. The molecule has 100 valence electrons. The van der Waals surface area contributed by atoms with Gasteiger partial charge in [-0.3, -0.25) is 4.40 Å². The number of hydrogen-bond donors (Lipinski definition) is 1. The summed E-state index contributed by atoms with van der Waals surface area (Å²) in [4.78, 5) is 1.88. The molecule has 0 spiro atoms. The molecule has 1 atom stereocenters. The van der Waals surface area contributed by atoms with Gasteiger partial charge in [0.15, 0.2) is 11.5 Å². The van der Waals surface area contributed by atoms with Crippen LogP contribution >= 0.6 is 11.3 Å². The van der Waals surface area contributed by atoms with E-state index in [4.69, 9.17) is 5.26 Å². The average Bonchev–Trinajstić information content (AvgIpc) is 3.11. The lowest BCUT2D eigenvalue weighted by Crippen LogP contribution is -2.19. The van der Waals surface area contributed by atoms with Gasteiger partial charge in [0, 0.05) is 17.6 Å². The number of aromatic nitrogens is 3. The maximum atomic E-state index is 8.82. The SMILES string of the molecule is CC(NCc1ccc(C#N)s1)c1nnc2ccccn12. The van der Waals surface area contributed by atoms with E-state index < -0.39 is 0 Å². The Morgan fingerprint density at radius 3 is 3.05 bits per heavy atom. The van der Waals surface area contributed by atoms with Crippen molar-refractivity contribution in [3.63, 3.8) is 0 Å². The number of nitriles is 1.